The van der Waals surface area contributed by atoms with Gasteiger partial charge in [-0.15, -0.1) is 0 Å². The fourth-order valence-corrected chi connectivity index (χ4v) is 2.65. The van der Waals surface area contributed by atoms with Crippen LogP contribution in [0, 0.1) is 11.8 Å². The first-order valence-corrected chi connectivity index (χ1v) is 8.60. The summed E-state index contributed by atoms with van der Waals surface area (Å²) in [4.78, 5) is 25.9. The van der Waals surface area contributed by atoms with E-state index in [1.165, 1.54) is 26.4 Å². The first kappa shape index (κ1) is 21.1. The van der Waals surface area contributed by atoms with Crippen LogP contribution in [-0.4, -0.2) is 40.8 Å². The number of hydrogen-bond acceptors (Lipinski definition) is 4. The lowest BCUT2D eigenvalue weighted by Gasteiger charge is -2.27. The van der Waals surface area contributed by atoms with Crippen LogP contribution in [0.25, 0.3) is 0 Å². The van der Waals surface area contributed by atoms with Gasteiger partial charge < -0.3 is 9.47 Å². The van der Waals surface area contributed by atoms with Crippen molar-refractivity contribution < 1.29 is 19.1 Å². The van der Waals surface area contributed by atoms with E-state index >= 15 is 0 Å². The Hall–Kier alpha value is -0.910. The Kier molecular flexibility index (Phi) is 7.44. The number of carbonyl (C=O) groups excluding carboxylic acids is 2. The minimum atomic E-state index is -1.48. The number of nitrogens with zero attached hydrogens (tertiary/aromatic N) is 1. The average Bonchev–Trinajstić information content (AvgIpc) is 2.82. The number of imide groups is 1. The van der Waals surface area contributed by atoms with Crippen molar-refractivity contribution in [3.63, 3.8) is 0 Å². The third-order valence-electron chi connectivity index (χ3n) is 3.79. The Balaban J connectivity index is 3.00. The second-order valence-electron chi connectivity index (χ2n) is 5.95. The molecule has 5 nitrogen and oxygen atoms in total. The molecule has 8 heteroatoms. The maximum Gasteiger partial charge on any atom is 0.257 e. The van der Waals surface area contributed by atoms with Gasteiger partial charge in [-0.3, -0.25) is 14.5 Å². The van der Waals surface area contributed by atoms with Gasteiger partial charge in [0.1, 0.15) is 11.5 Å². The Morgan fingerprint density at radius 2 is 1.92 bits per heavy atom. The number of carbonyl (C=O) groups is 2. The molecular formula is C16H22Cl3NO4. The number of ether oxygens (including phenoxy) is 2. The van der Waals surface area contributed by atoms with E-state index in [1.807, 2.05) is 13.8 Å². The monoisotopic (exact) mass is 397 g/mol. The molecule has 0 unspecified atom stereocenters. The molecule has 0 aromatic carbocycles. The predicted octanol–water partition coefficient (Wildman–Crippen LogP) is 3.84. The molecule has 1 aliphatic rings. The Morgan fingerprint density at radius 3 is 2.33 bits per heavy atom. The summed E-state index contributed by atoms with van der Waals surface area (Å²) in [5.41, 5.74) is 0. The average molecular weight is 399 g/mol. The van der Waals surface area contributed by atoms with E-state index in [4.69, 9.17) is 44.3 Å². The van der Waals surface area contributed by atoms with Crippen molar-refractivity contribution in [3.05, 3.63) is 23.7 Å². The standard InChI is InChI=1S/C16H22Cl3NO4/c1-9(2)15-12(24-5)8-14(22)20(15)13(21)7-11(23-4)6-10(3)16(17,18)19/h7-10,15H,6H2,1-5H3/b11-7+/t10-,15-/m0/s1. The fraction of sp³-hybridized carbons (Fsp3) is 0.625. The first-order chi connectivity index (χ1) is 11.0. The van der Waals surface area contributed by atoms with Crippen LogP contribution < -0.4 is 0 Å². The maximum atomic E-state index is 12.6. The van der Waals surface area contributed by atoms with Gasteiger partial charge in [0.15, 0.2) is 3.79 Å². The quantitative estimate of drug-likeness (QED) is 0.387. The van der Waals surface area contributed by atoms with E-state index in [0.29, 0.717) is 11.5 Å². The number of rotatable bonds is 6. The minimum absolute atomic E-state index is 0.00564. The summed E-state index contributed by atoms with van der Waals surface area (Å²) in [6.45, 7) is 5.54. The molecule has 0 N–H and O–H groups in total. The zero-order chi connectivity index (χ0) is 18.7. The third-order valence-corrected chi connectivity index (χ3v) is 4.91. The lowest BCUT2D eigenvalue weighted by Crippen LogP contribution is -2.42. The highest BCUT2D eigenvalue weighted by atomic mass is 35.6. The molecule has 0 spiro atoms. The highest BCUT2D eigenvalue weighted by Crippen LogP contribution is 2.38. The van der Waals surface area contributed by atoms with Crippen molar-refractivity contribution in [2.75, 3.05) is 14.2 Å². The highest BCUT2D eigenvalue weighted by molar-refractivity contribution is 6.67. The SMILES string of the molecule is COC1=CC(=O)N(C(=O)/C=C(\C[C@H](C)C(Cl)(Cl)Cl)OC)[C@H]1C(C)C. The van der Waals surface area contributed by atoms with E-state index in [9.17, 15) is 9.59 Å². The van der Waals surface area contributed by atoms with Crippen LogP contribution in [0.5, 0.6) is 0 Å². The van der Waals surface area contributed by atoms with Crippen molar-refractivity contribution in [2.45, 2.75) is 37.0 Å². The molecule has 0 saturated heterocycles. The second-order valence-corrected chi connectivity index (χ2v) is 8.32. The van der Waals surface area contributed by atoms with Crippen molar-refractivity contribution in [1.29, 1.82) is 0 Å². The van der Waals surface area contributed by atoms with Crippen molar-refractivity contribution in [2.24, 2.45) is 11.8 Å². The molecule has 2 amide bonds. The lowest BCUT2D eigenvalue weighted by molar-refractivity contribution is -0.140. The number of allylic oxidation sites excluding steroid dienone is 1. The van der Waals surface area contributed by atoms with Gasteiger partial charge in [0.2, 0.25) is 0 Å². The zero-order valence-electron chi connectivity index (χ0n) is 14.3. The van der Waals surface area contributed by atoms with Gasteiger partial charge in [-0.25, -0.2) is 0 Å². The molecule has 24 heavy (non-hydrogen) atoms. The van der Waals surface area contributed by atoms with Gasteiger partial charge in [-0.1, -0.05) is 55.6 Å². The van der Waals surface area contributed by atoms with Gasteiger partial charge in [-0.05, 0) is 5.92 Å². The minimum Gasteiger partial charge on any atom is -0.501 e. The van der Waals surface area contributed by atoms with Crippen LogP contribution in [0.15, 0.2) is 23.7 Å². The molecule has 1 rings (SSSR count). The molecule has 0 aromatic heterocycles. The van der Waals surface area contributed by atoms with Crippen LogP contribution in [0.4, 0.5) is 0 Å². The van der Waals surface area contributed by atoms with E-state index in [2.05, 4.69) is 0 Å². The third kappa shape index (κ3) is 5.04. The molecule has 0 aromatic rings. The van der Waals surface area contributed by atoms with Crippen LogP contribution >= 0.6 is 34.8 Å². The second kappa shape index (κ2) is 8.45. The topological polar surface area (TPSA) is 55.8 Å². The number of methoxy groups -OCH3 is 2. The normalized spacial score (nSPS) is 20.3. The summed E-state index contributed by atoms with van der Waals surface area (Å²) in [5.74, 6) is -0.479. The van der Waals surface area contributed by atoms with Crippen LogP contribution in [0.1, 0.15) is 27.2 Å². The first-order valence-electron chi connectivity index (χ1n) is 7.46. The van der Waals surface area contributed by atoms with Crippen molar-refractivity contribution >= 4 is 46.6 Å². The number of amides is 2. The molecule has 2 atom stereocenters. The van der Waals surface area contributed by atoms with Crippen molar-refractivity contribution in [3.8, 4) is 0 Å². The summed E-state index contributed by atoms with van der Waals surface area (Å²) in [6.07, 6.45) is 2.83. The van der Waals surface area contributed by atoms with Crippen LogP contribution in [0.3, 0.4) is 0 Å². The lowest BCUT2D eigenvalue weighted by atomic mass is 10.0. The molecule has 136 valence electrons. The summed E-state index contributed by atoms with van der Waals surface area (Å²) in [7, 11) is 2.90. The largest absolute Gasteiger partial charge is 0.501 e. The number of hydrogen-bond donors (Lipinski definition) is 0. The predicted molar refractivity (Wildman–Crippen MR) is 94.7 cm³/mol. The smallest absolute Gasteiger partial charge is 0.257 e. The van der Waals surface area contributed by atoms with Gasteiger partial charge in [0.25, 0.3) is 11.8 Å². The van der Waals surface area contributed by atoms with Gasteiger partial charge in [0.05, 0.1) is 20.3 Å². The molecule has 0 saturated carbocycles. The number of alkyl halides is 3. The Bertz CT molecular complexity index is 552. The molecule has 0 radical (unpaired) electrons. The summed E-state index contributed by atoms with van der Waals surface area (Å²) in [6, 6.07) is -0.449. The maximum absolute atomic E-state index is 12.6. The molecule has 1 heterocycles. The Labute approximate surface area is 157 Å². The van der Waals surface area contributed by atoms with Crippen LogP contribution in [0.2, 0.25) is 0 Å². The van der Waals surface area contributed by atoms with Gasteiger partial charge >= 0.3 is 0 Å². The Morgan fingerprint density at radius 1 is 1.33 bits per heavy atom. The highest BCUT2D eigenvalue weighted by Gasteiger charge is 2.39. The van der Waals surface area contributed by atoms with E-state index in [-0.39, 0.29) is 18.3 Å². The fourth-order valence-electron chi connectivity index (χ4n) is 2.42. The van der Waals surface area contributed by atoms with E-state index in [1.54, 1.807) is 6.92 Å². The van der Waals surface area contributed by atoms with Gasteiger partial charge in [-0.2, -0.15) is 0 Å². The summed E-state index contributed by atoms with van der Waals surface area (Å²) < 4.78 is 8.95. The van der Waals surface area contributed by atoms with E-state index < -0.39 is 21.6 Å². The zero-order valence-corrected chi connectivity index (χ0v) is 16.6. The molecular weight excluding hydrogens is 377 g/mol. The van der Waals surface area contributed by atoms with Crippen molar-refractivity contribution in [1.82, 2.24) is 4.90 Å². The molecule has 0 fully saturated rings. The molecule has 1 aliphatic heterocycles. The summed E-state index contributed by atoms with van der Waals surface area (Å²) >= 11 is 17.5. The molecule has 0 aliphatic carbocycles. The van der Waals surface area contributed by atoms with Crippen LogP contribution in [-0.2, 0) is 19.1 Å². The number of halogens is 3. The van der Waals surface area contributed by atoms with E-state index in [0.717, 1.165) is 4.90 Å². The van der Waals surface area contributed by atoms with Gasteiger partial charge in [0, 0.05) is 24.5 Å². The summed E-state index contributed by atoms with van der Waals surface area (Å²) in [5, 5.41) is 0. The molecule has 0 bridgehead atoms.